The third kappa shape index (κ3) is 2.81. The molecule has 1 unspecified atom stereocenters. The molecular weight excluding hydrogens is 234 g/mol. The van der Waals surface area contributed by atoms with E-state index < -0.39 is 0 Å². The molecule has 2 rings (SSSR count). The summed E-state index contributed by atoms with van der Waals surface area (Å²) in [6, 6.07) is 7.78. The summed E-state index contributed by atoms with van der Waals surface area (Å²) in [5.41, 5.74) is 1.89. The van der Waals surface area contributed by atoms with E-state index >= 15 is 0 Å². The van der Waals surface area contributed by atoms with E-state index in [-0.39, 0.29) is 5.91 Å². The number of hydrogen-bond donors (Lipinski definition) is 0. The van der Waals surface area contributed by atoms with Gasteiger partial charge in [0.1, 0.15) is 0 Å². The van der Waals surface area contributed by atoms with E-state index in [1.165, 1.54) is 0 Å². The second kappa shape index (κ2) is 5.54. The lowest BCUT2D eigenvalue weighted by atomic mass is 10.1. The Labute approximate surface area is 108 Å². The van der Waals surface area contributed by atoms with Crippen LogP contribution in [0.15, 0.2) is 24.3 Å². The summed E-state index contributed by atoms with van der Waals surface area (Å²) in [6.45, 7) is 3.72. The second-order valence-corrected chi connectivity index (χ2v) is 5.08. The summed E-state index contributed by atoms with van der Waals surface area (Å²) in [6.07, 6.45) is 2.10. The van der Waals surface area contributed by atoms with Gasteiger partial charge < -0.3 is 4.90 Å². The molecule has 0 saturated carbocycles. The third-order valence-corrected chi connectivity index (χ3v) is 3.68. The van der Waals surface area contributed by atoms with Crippen LogP contribution in [0.25, 0.3) is 0 Å². The van der Waals surface area contributed by atoms with Crippen LogP contribution in [-0.2, 0) is 0 Å². The van der Waals surface area contributed by atoms with Crippen molar-refractivity contribution >= 4 is 17.5 Å². The molecule has 1 aromatic rings. The maximum atomic E-state index is 12.3. The molecule has 17 heavy (non-hydrogen) atoms. The molecular formula is C14H18ClNO. The lowest BCUT2D eigenvalue weighted by Gasteiger charge is -2.17. The second-order valence-electron chi connectivity index (χ2n) is 4.70. The van der Waals surface area contributed by atoms with E-state index in [4.69, 9.17) is 11.6 Å². The summed E-state index contributed by atoms with van der Waals surface area (Å²) < 4.78 is 0. The highest BCUT2D eigenvalue weighted by molar-refractivity contribution is 6.17. The molecule has 1 aromatic carbocycles. The quantitative estimate of drug-likeness (QED) is 0.756. The highest BCUT2D eigenvalue weighted by Gasteiger charge is 2.26. The highest BCUT2D eigenvalue weighted by atomic mass is 35.5. The van der Waals surface area contributed by atoms with Crippen molar-refractivity contribution in [2.24, 2.45) is 5.92 Å². The molecule has 0 bridgehead atoms. The smallest absolute Gasteiger partial charge is 0.254 e. The number of nitrogens with zero attached hydrogens (tertiary/aromatic N) is 1. The number of carbonyl (C=O) groups is 1. The van der Waals surface area contributed by atoms with Crippen molar-refractivity contribution in [1.82, 2.24) is 4.90 Å². The van der Waals surface area contributed by atoms with Gasteiger partial charge >= 0.3 is 0 Å². The average Bonchev–Trinajstić information content (AvgIpc) is 2.78. The Kier molecular flexibility index (Phi) is 4.06. The number of halogens is 1. The Morgan fingerprint density at radius 1 is 1.47 bits per heavy atom. The number of aryl methyl sites for hydroxylation is 1. The van der Waals surface area contributed by atoms with Gasteiger partial charge in [-0.3, -0.25) is 4.79 Å². The van der Waals surface area contributed by atoms with Gasteiger partial charge in [0.05, 0.1) is 0 Å². The Hall–Kier alpha value is -1.02. The maximum absolute atomic E-state index is 12.3. The molecule has 2 nitrogen and oxygen atoms in total. The van der Waals surface area contributed by atoms with Crippen LogP contribution in [0, 0.1) is 12.8 Å². The van der Waals surface area contributed by atoms with Gasteiger partial charge in [0.15, 0.2) is 0 Å². The predicted molar refractivity (Wildman–Crippen MR) is 70.5 cm³/mol. The van der Waals surface area contributed by atoms with Crippen molar-refractivity contribution in [3.8, 4) is 0 Å². The van der Waals surface area contributed by atoms with E-state index in [0.29, 0.717) is 11.8 Å². The van der Waals surface area contributed by atoms with Gasteiger partial charge in [-0.15, -0.1) is 11.6 Å². The third-order valence-electron chi connectivity index (χ3n) is 3.47. The fourth-order valence-electron chi connectivity index (χ4n) is 2.39. The molecule has 1 saturated heterocycles. The van der Waals surface area contributed by atoms with Crippen molar-refractivity contribution in [2.75, 3.05) is 19.0 Å². The molecule has 0 aliphatic carbocycles. The van der Waals surface area contributed by atoms with E-state index in [2.05, 4.69) is 0 Å². The van der Waals surface area contributed by atoms with Crippen LogP contribution in [0.3, 0.4) is 0 Å². The Morgan fingerprint density at radius 2 is 2.24 bits per heavy atom. The van der Waals surface area contributed by atoms with Crippen LogP contribution < -0.4 is 0 Å². The molecule has 0 radical (unpaired) electrons. The van der Waals surface area contributed by atoms with E-state index in [1.54, 1.807) is 0 Å². The summed E-state index contributed by atoms with van der Waals surface area (Å²) >= 11 is 5.75. The number of amides is 1. The zero-order valence-corrected chi connectivity index (χ0v) is 10.9. The van der Waals surface area contributed by atoms with Crippen LogP contribution in [0.5, 0.6) is 0 Å². The van der Waals surface area contributed by atoms with Crippen molar-refractivity contribution < 1.29 is 4.79 Å². The number of carbonyl (C=O) groups excluding carboxylic acids is 1. The first-order valence-corrected chi connectivity index (χ1v) is 6.66. The molecule has 3 heteroatoms. The summed E-state index contributed by atoms with van der Waals surface area (Å²) in [4.78, 5) is 14.3. The number of alkyl halides is 1. The van der Waals surface area contributed by atoms with Crippen LogP contribution in [0.2, 0.25) is 0 Å². The zero-order chi connectivity index (χ0) is 12.3. The van der Waals surface area contributed by atoms with E-state index in [1.807, 2.05) is 36.1 Å². The van der Waals surface area contributed by atoms with Gasteiger partial charge in [0.25, 0.3) is 5.91 Å². The van der Waals surface area contributed by atoms with E-state index in [9.17, 15) is 4.79 Å². The minimum absolute atomic E-state index is 0.167. The van der Waals surface area contributed by atoms with E-state index in [0.717, 1.165) is 37.1 Å². The first-order valence-electron chi connectivity index (χ1n) is 6.13. The molecule has 1 amide bonds. The first-order chi connectivity index (χ1) is 8.22. The number of benzene rings is 1. The normalized spacial score (nSPS) is 19.6. The van der Waals surface area contributed by atoms with Crippen LogP contribution in [0.1, 0.15) is 28.8 Å². The summed E-state index contributed by atoms with van der Waals surface area (Å²) in [7, 11) is 0. The molecule has 1 atom stereocenters. The van der Waals surface area contributed by atoms with Gasteiger partial charge in [0.2, 0.25) is 0 Å². The van der Waals surface area contributed by atoms with Gasteiger partial charge in [0, 0.05) is 24.5 Å². The minimum Gasteiger partial charge on any atom is -0.338 e. The lowest BCUT2D eigenvalue weighted by molar-refractivity contribution is 0.0786. The molecule has 0 N–H and O–H groups in total. The Balaban J connectivity index is 2.05. The van der Waals surface area contributed by atoms with Gasteiger partial charge in [-0.2, -0.15) is 0 Å². The SMILES string of the molecule is Cc1ccccc1C(=O)N1CCC(CCCl)C1. The van der Waals surface area contributed by atoms with Gasteiger partial charge in [-0.1, -0.05) is 18.2 Å². The Bertz CT molecular complexity index is 405. The number of rotatable bonds is 3. The monoisotopic (exact) mass is 251 g/mol. The van der Waals surface area contributed by atoms with Crippen LogP contribution >= 0.6 is 11.6 Å². The molecule has 92 valence electrons. The fraction of sp³-hybridized carbons (Fsp3) is 0.500. The van der Waals surface area contributed by atoms with Crippen molar-refractivity contribution in [3.63, 3.8) is 0 Å². The summed E-state index contributed by atoms with van der Waals surface area (Å²) in [5.74, 6) is 1.44. The maximum Gasteiger partial charge on any atom is 0.254 e. The largest absolute Gasteiger partial charge is 0.338 e. The standard InChI is InChI=1S/C14H18ClNO/c1-11-4-2-3-5-13(11)14(17)16-9-7-12(10-16)6-8-15/h2-5,12H,6-10H2,1H3. The van der Waals surface area contributed by atoms with Crippen molar-refractivity contribution in [3.05, 3.63) is 35.4 Å². The molecule has 1 aliphatic rings. The Morgan fingerprint density at radius 3 is 2.94 bits per heavy atom. The average molecular weight is 252 g/mol. The molecule has 0 aromatic heterocycles. The van der Waals surface area contributed by atoms with Crippen LogP contribution in [0.4, 0.5) is 0 Å². The van der Waals surface area contributed by atoms with Gasteiger partial charge in [-0.25, -0.2) is 0 Å². The number of hydrogen-bond acceptors (Lipinski definition) is 1. The van der Waals surface area contributed by atoms with Crippen molar-refractivity contribution in [1.29, 1.82) is 0 Å². The molecule has 1 aliphatic heterocycles. The predicted octanol–water partition coefficient (Wildman–Crippen LogP) is 3.09. The molecule has 1 heterocycles. The van der Waals surface area contributed by atoms with Crippen LogP contribution in [-0.4, -0.2) is 29.8 Å². The molecule has 1 fully saturated rings. The highest BCUT2D eigenvalue weighted by Crippen LogP contribution is 2.22. The first kappa shape index (κ1) is 12.4. The fourth-order valence-corrected chi connectivity index (χ4v) is 2.70. The minimum atomic E-state index is 0.167. The zero-order valence-electron chi connectivity index (χ0n) is 10.2. The van der Waals surface area contributed by atoms with Gasteiger partial charge in [-0.05, 0) is 37.3 Å². The summed E-state index contributed by atoms with van der Waals surface area (Å²) in [5, 5.41) is 0. The van der Waals surface area contributed by atoms with Crippen molar-refractivity contribution in [2.45, 2.75) is 19.8 Å². The number of likely N-dealkylation sites (tertiary alicyclic amines) is 1. The molecule has 0 spiro atoms. The lowest BCUT2D eigenvalue weighted by Crippen LogP contribution is -2.29. The topological polar surface area (TPSA) is 20.3 Å².